The molecule has 2 fully saturated rings. The van der Waals surface area contributed by atoms with Gasteiger partial charge < -0.3 is 5.32 Å². The van der Waals surface area contributed by atoms with Gasteiger partial charge in [0.25, 0.3) is 5.91 Å². The van der Waals surface area contributed by atoms with Crippen molar-refractivity contribution in [2.45, 2.75) is 25.1 Å². The zero-order valence-electron chi connectivity index (χ0n) is 18.3. The molecule has 0 saturated carbocycles. The molecule has 0 aliphatic carbocycles. The van der Waals surface area contributed by atoms with E-state index in [0.29, 0.717) is 26.2 Å². The van der Waals surface area contributed by atoms with Gasteiger partial charge in [-0.1, -0.05) is 60.2 Å². The number of aryl methyl sites for hydroxylation is 1. The molecule has 0 spiro atoms. The topological polar surface area (TPSA) is 90.0 Å². The predicted octanol–water partition coefficient (Wildman–Crippen LogP) is 1.87. The van der Waals surface area contributed by atoms with Gasteiger partial charge in [-0.25, -0.2) is 18.1 Å². The molecule has 2 aromatic rings. The summed E-state index contributed by atoms with van der Waals surface area (Å²) in [6.07, 6.45) is 0. The van der Waals surface area contributed by atoms with Crippen LogP contribution < -0.4 is 5.32 Å². The number of piperazine rings is 1. The number of nitrogens with zero attached hydrogens (tertiary/aromatic N) is 3. The summed E-state index contributed by atoms with van der Waals surface area (Å²) < 4.78 is 27.0. The van der Waals surface area contributed by atoms with Crippen LogP contribution in [0.5, 0.6) is 0 Å². The lowest BCUT2D eigenvalue weighted by Crippen LogP contribution is -2.53. The Morgan fingerprint density at radius 2 is 1.56 bits per heavy atom. The van der Waals surface area contributed by atoms with E-state index >= 15 is 0 Å². The molecule has 0 radical (unpaired) electrons. The van der Waals surface area contributed by atoms with Crippen molar-refractivity contribution >= 4 is 22.0 Å². The van der Waals surface area contributed by atoms with Crippen molar-refractivity contribution in [2.75, 3.05) is 32.8 Å². The minimum absolute atomic E-state index is 0.0320. The molecule has 2 aliphatic rings. The molecule has 2 aliphatic heterocycles. The van der Waals surface area contributed by atoms with E-state index in [1.165, 1.54) is 9.21 Å². The number of urea groups is 1. The highest BCUT2D eigenvalue weighted by molar-refractivity contribution is 7.88. The van der Waals surface area contributed by atoms with Crippen LogP contribution in [-0.4, -0.2) is 67.3 Å². The van der Waals surface area contributed by atoms with Gasteiger partial charge in [0.05, 0.1) is 12.4 Å². The van der Waals surface area contributed by atoms with Gasteiger partial charge in [0.1, 0.15) is 5.54 Å². The number of carbonyl (C=O) groups is 2. The third kappa shape index (κ3) is 4.41. The summed E-state index contributed by atoms with van der Waals surface area (Å²) in [6, 6.07) is 16.2. The highest BCUT2D eigenvalue weighted by Gasteiger charge is 2.49. The zero-order valence-corrected chi connectivity index (χ0v) is 19.1. The summed E-state index contributed by atoms with van der Waals surface area (Å²) in [7, 11) is -3.42. The Labute approximate surface area is 188 Å². The summed E-state index contributed by atoms with van der Waals surface area (Å²) >= 11 is 0. The van der Waals surface area contributed by atoms with Crippen molar-refractivity contribution < 1.29 is 18.0 Å². The van der Waals surface area contributed by atoms with Crippen LogP contribution in [0.3, 0.4) is 0 Å². The first-order chi connectivity index (χ1) is 15.2. The molecule has 2 aromatic carbocycles. The average Bonchev–Trinajstić information content (AvgIpc) is 2.99. The molecule has 4 rings (SSSR count). The van der Waals surface area contributed by atoms with Gasteiger partial charge in [0.15, 0.2) is 0 Å². The number of imide groups is 1. The first-order valence-electron chi connectivity index (χ1n) is 10.6. The van der Waals surface area contributed by atoms with E-state index in [9.17, 15) is 18.0 Å². The molecule has 1 N–H and O–H groups in total. The van der Waals surface area contributed by atoms with Crippen molar-refractivity contribution in [1.29, 1.82) is 0 Å². The van der Waals surface area contributed by atoms with Gasteiger partial charge in [-0.3, -0.25) is 9.69 Å². The lowest BCUT2D eigenvalue weighted by atomic mass is 9.91. The number of rotatable bonds is 6. The fourth-order valence-corrected chi connectivity index (χ4v) is 5.65. The first kappa shape index (κ1) is 22.4. The second-order valence-corrected chi connectivity index (χ2v) is 10.5. The van der Waals surface area contributed by atoms with E-state index in [1.807, 2.05) is 54.3 Å². The molecule has 3 amide bonds. The molecular formula is C23H28N4O4S. The zero-order chi connectivity index (χ0) is 22.9. The molecule has 8 nitrogen and oxygen atoms in total. The molecule has 32 heavy (non-hydrogen) atoms. The van der Waals surface area contributed by atoms with E-state index in [1.54, 1.807) is 19.1 Å². The van der Waals surface area contributed by atoms with Crippen molar-refractivity contribution in [3.05, 3.63) is 71.3 Å². The fourth-order valence-electron chi connectivity index (χ4n) is 4.13. The van der Waals surface area contributed by atoms with Crippen LogP contribution in [0.15, 0.2) is 54.6 Å². The molecule has 170 valence electrons. The van der Waals surface area contributed by atoms with Gasteiger partial charge in [0.2, 0.25) is 10.0 Å². The van der Waals surface area contributed by atoms with Gasteiger partial charge >= 0.3 is 6.03 Å². The third-order valence-electron chi connectivity index (χ3n) is 6.16. The minimum atomic E-state index is -3.42. The van der Waals surface area contributed by atoms with Gasteiger partial charge in [-0.15, -0.1) is 0 Å². The number of benzene rings is 2. The van der Waals surface area contributed by atoms with Crippen LogP contribution in [0.25, 0.3) is 0 Å². The second-order valence-electron chi connectivity index (χ2n) is 8.55. The molecule has 0 bridgehead atoms. The quantitative estimate of drug-likeness (QED) is 0.671. The maximum absolute atomic E-state index is 13.1. The molecule has 9 heteroatoms. The molecule has 2 saturated heterocycles. The van der Waals surface area contributed by atoms with E-state index in [-0.39, 0.29) is 18.3 Å². The normalized spacial score (nSPS) is 22.9. The van der Waals surface area contributed by atoms with Crippen LogP contribution in [-0.2, 0) is 26.1 Å². The number of sulfonamides is 1. The number of hydrogen-bond donors (Lipinski definition) is 1. The van der Waals surface area contributed by atoms with E-state index in [2.05, 4.69) is 5.32 Å². The number of hydrogen-bond acceptors (Lipinski definition) is 5. The Hall–Kier alpha value is -2.75. The maximum atomic E-state index is 13.1. The van der Waals surface area contributed by atoms with Crippen molar-refractivity contribution in [1.82, 2.24) is 19.4 Å². The standard InChI is InChI=1S/C23H28N4O4S/c1-18-8-10-20(11-9-18)23(2)21(28)27(22(29)24-23)17-25-12-14-26(15-13-25)32(30,31)16-19-6-4-3-5-7-19/h3-11H,12-17H2,1-2H3,(H,24,29). The Morgan fingerprint density at radius 1 is 0.938 bits per heavy atom. The summed E-state index contributed by atoms with van der Waals surface area (Å²) in [4.78, 5) is 28.9. The maximum Gasteiger partial charge on any atom is 0.326 e. The van der Waals surface area contributed by atoms with Crippen molar-refractivity contribution in [3.63, 3.8) is 0 Å². The van der Waals surface area contributed by atoms with Crippen LogP contribution in [0.2, 0.25) is 0 Å². The third-order valence-corrected chi connectivity index (χ3v) is 8.01. The first-order valence-corrected chi connectivity index (χ1v) is 12.3. The molecule has 2 heterocycles. The van der Waals surface area contributed by atoms with Crippen LogP contribution in [0.1, 0.15) is 23.6 Å². The van der Waals surface area contributed by atoms with E-state index in [4.69, 9.17) is 0 Å². The molecule has 0 aromatic heterocycles. The monoisotopic (exact) mass is 456 g/mol. The SMILES string of the molecule is Cc1ccc(C2(C)NC(=O)N(CN3CCN(S(=O)(=O)Cc4ccccc4)CC3)C2=O)cc1. The van der Waals surface area contributed by atoms with E-state index < -0.39 is 21.6 Å². The highest BCUT2D eigenvalue weighted by Crippen LogP contribution is 2.29. The summed E-state index contributed by atoms with van der Waals surface area (Å²) in [5.74, 6) is -0.332. The van der Waals surface area contributed by atoms with Gasteiger partial charge in [-0.2, -0.15) is 4.31 Å². The Bertz CT molecular complexity index is 1100. The largest absolute Gasteiger partial charge is 0.326 e. The smallest absolute Gasteiger partial charge is 0.319 e. The van der Waals surface area contributed by atoms with Gasteiger partial charge in [-0.05, 0) is 25.0 Å². The van der Waals surface area contributed by atoms with Gasteiger partial charge in [0, 0.05) is 26.2 Å². The van der Waals surface area contributed by atoms with Crippen LogP contribution >= 0.6 is 0 Å². The molecular weight excluding hydrogens is 428 g/mol. The lowest BCUT2D eigenvalue weighted by molar-refractivity contribution is -0.132. The van der Waals surface area contributed by atoms with Crippen LogP contribution in [0.4, 0.5) is 4.79 Å². The molecule has 1 unspecified atom stereocenters. The minimum Gasteiger partial charge on any atom is -0.319 e. The van der Waals surface area contributed by atoms with Crippen LogP contribution in [0, 0.1) is 6.92 Å². The van der Waals surface area contributed by atoms with E-state index in [0.717, 1.165) is 16.7 Å². The summed E-state index contributed by atoms with van der Waals surface area (Å²) in [5, 5.41) is 2.82. The number of carbonyl (C=O) groups excluding carboxylic acids is 2. The highest BCUT2D eigenvalue weighted by atomic mass is 32.2. The van der Waals surface area contributed by atoms with Crippen molar-refractivity contribution in [2.24, 2.45) is 0 Å². The molecule has 1 atom stereocenters. The Balaban J connectivity index is 1.37. The Kier molecular flexibility index (Phi) is 6.07. The summed E-state index contributed by atoms with van der Waals surface area (Å²) in [6.45, 7) is 5.37. The number of nitrogens with one attached hydrogen (secondary N) is 1. The lowest BCUT2D eigenvalue weighted by Gasteiger charge is -2.35. The summed E-state index contributed by atoms with van der Waals surface area (Å²) in [5.41, 5.74) is 1.46. The fraction of sp³-hybridized carbons (Fsp3) is 0.391. The predicted molar refractivity (Wildman–Crippen MR) is 121 cm³/mol. The number of amides is 3. The Morgan fingerprint density at radius 3 is 2.19 bits per heavy atom. The average molecular weight is 457 g/mol. The second kappa shape index (κ2) is 8.65. The van der Waals surface area contributed by atoms with Crippen molar-refractivity contribution in [3.8, 4) is 0 Å².